The fraction of sp³-hybridized carbons (Fsp3) is 0.250. The van der Waals surface area contributed by atoms with Crippen LogP contribution in [0.3, 0.4) is 0 Å². The number of methoxy groups -OCH3 is 1. The first-order valence-electron chi connectivity index (χ1n) is 5.45. The van der Waals surface area contributed by atoms with Crippen molar-refractivity contribution in [3.8, 4) is 0 Å². The summed E-state index contributed by atoms with van der Waals surface area (Å²) in [5.41, 5.74) is 6.78. The van der Waals surface area contributed by atoms with Crippen molar-refractivity contribution < 1.29 is 9.66 Å². The number of benzene rings is 1. The van der Waals surface area contributed by atoms with Gasteiger partial charge < -0.3 is 10.5 Å². The molecular weight excluding hydrogens is 234 g/mol. The number of nitrogen functional groups attached to an aromatic ring is 1. The fourth-order valence-electron chi connectivity index (χ4n) is 1.95. The van der Waals surface area contributed by atoms with Crippen molar-refractivity contribution in [1.82, 2.24) is 4.98 Å². The van der Waals surface area contributed by atoms with Gasteiger partial charge in [0.2, 0.25) is 5.82 Å². The van der Waals surface area contributed by atoms with Crippen LogP contribution in [-0.4, -0.2) is 23.6 Å². The third-order valence-corrected chi connectivity index (χ3v) is 2.74. The molecule has 1 aromatic heterocycles. The van der Waals surface area contributed by atoms with Gasteiger partial charge in [0.1, 0.15) is 0 Å². The Morgan fingerprint density at radius 1 is 1.44 bits per heavy atom. The number of fused-ring (bicyclic) bond motifs is 1. The molecule has 0 spiro atoms. The summed E-state index contributed by atoms with van der Waals surface area (Å²) >= 11 is 0. The third kappa shape index (κ3) is 2.10. The molecule has 0 fully saturated rings. The van der Waals surface area contributed by atoms with Crippen molar-refractivity contribution in [2.24, 2.45) is 0 Å². The predicted molar refractivity (Wildman–Crippen MR) is 68.4 cm³/mol. The van der Waals surface area contributed by atoms with Crippen LogP contribution in [0.25, 0.3) is 10.9 Å². The van der Waals surface area contributed by atoms with Gasteiger partial charge in [-0.3, -0.25) is 10.1 Å². The number of hydrogen-bond donors (Lipinski definition) is 1. The molecule has 0 atom stereocenters. The zero-order chi connectivity index (χ0) is 13.1. The number of ether oxygens (including phenoxy) is 1. The van der Waals surface area contributed by atoms with E-state index in [1.165, 1.54) is 0 Å². The van der Waals surface area contributed by atoms with E-state index >= 15 is 0 Å². The second kappa shape index (κ2) is 4.97. The normalized spacial score (nSPS) is 10.7. The Labute approximate surface area is 104 Å². The second-order valence-corrected chi connectivity index (χ2v) is 3.84. The van der Waals surface area contributed by atoms with Gasteiger partial charge in [0, 0.05) is 24.5 Å². The standard InChI is InChI=1S/C12H13N3O3/c1-18-7-6-9-8-4-2-3-5-10(8)14-12(13)11(9)15(16)17/h2-5H,6-7H2,1H3,(H2,13,14). The lowest BCUT2D eigenvalue weighted by Crippen LogP contribution is -2.06. The topological polar surface area (TPSA) is 91.3 Å². The van der Waals surface area contributed by atoms with E-state index < -0.39 is 4.92 Å². The monoisotopic (exact) mass is 247 g/mol. The van der Waals surface area contributed by atoms with Gasteiger partial charge in [-0.2, -0.15) is 0 Å². The average molecular weight is 247 g/mol. The Morgan fingerprint density at radius 2 is 2.17 bits per heavy atom. The van der Waals surface area contributed by atoms with E-state index in [0.717, 1.165) is 5.39 Å². The van der Waals surface area contributed by atoms with Crippen LogP contribution in [-0.2, 0) is 11.2 Å². The van der Waals surface area contributed by atoms with Crippen LogP contribution in [0.4, 0.5) is 11.5 Å². The zero-order valence-corrected chi connectivity index (χ0v) is 9.92. The number of para-hydroxylation sites is 1. The van der Waals surface area contributed by atoms with Crippen molar-refractivity contribution in [3.63, 3.8) is 0 Å². The first-order valence-corrected chi connectivity index (χ1v) is 5.45. The van der Waals surface area contributed by atoms with Crippen LogP contribution < -0.4 is 5.73 Å². The molecule has 0 amide bonds. The molecule has 1 heterocycles. The number of anilines is 1. The van der Waals surface area contributed by atoms with E-state index in [2.05, 4.69) is 4.98 Å². The van der Waals surface area contributed by atoms with E-state index in [4.69, 9.17) is 10.5 Å². The lowest BCUT2D eigenvalue weighted by Gasteiger charge is -2.08. The van der Waals surface area contributed by atoms with E-state index in [-0.39, 0.29) is 11.5 Å². The van der Waals surface area contributed by atoms with Crippen LogP contribution in [0.2, 0.25) is 0 Å². The lowest BCUT2D eigenvalue weighted by atomic mass is 10.0. The maximum Gasteiger partial charge on any atom is 0.315 e. The maximum atomic E-state index is 11.1. The highest BCUT2D eigenvalue weighted by atomic mass is 16.6. The lowest BCUT2D eigenvalue weighted by molar-refractivity contribution is -0.384. The van der Waals surface area contributed by atoms with E-state index in [0.29, 0.717) is 24.1 Å². The molecule has 2 rings (SSSR count). The average Bonchev–Trinajstić information content (AvgIpc) is 2.34. The summed E-state index contributed by atoms with van der Waals surface area (Å²) in [6.45, 7) is 0.397. The van der Waals surface area contributed by atoms with Gasteiger partial charge in [0.25, 0.3) is 0 Å². The Bertz CT molecular complexity index is 598. The molecule has 0 radical (unpaired) electrons. The smallest absolute Gasteiger partial charge is 0.315 e. The van der Waals surface area contributed by atoms with Crippen LogP contribution in [0.5, 0.6) is 0 Å². The number of nitro groups is 1. The minimum absolute atomic E-state index is 0.0511. The van der Waals surface area contributed by atoms with E-state index in [1.54, 1.807) is 19.2 Å². The Hall–Kier alpha value is -2.21. The number of hydrogen-bond acceptors (Lipinski definition) is 5. The number of nitrogens with zero attached hydrogens (tertiary/aromatic N) is 2. The van der Waals surface area contributed by atoms with Crippen molar-refractivity contribution in [2.45, 2.75) is 6.42 Å². The van der Waals surface area contributed by atoms with Crippen LogP contribution in [0.15, 0.2) is 24.3 Å². The van der Waals surface area contributed by atoms with Crippen LogP contribution in [0, 0.1) is 10.1 Å². The highest BCUT2D eigenvalue weighted by Gasteiger charge is 2.22. The van der Waals surface area contributed by atoms with Crippen molar-refractivity contribution >= 4 is 22.4 Å². The van der Waals surface area contributed by atoms with Crippen LogP contribution in [0.1, 0.15) is 5.56 Å². The molecule has 18 heavy (non-hydrogen) atoms. The van der Waals surface area contributed by atoms with Crippen molar-refractivity contribution in [1.29, 1.82) is 0 Å². The minimum Gasteiger partial charge on any atom is -0.384 e. The highest BCUT2D eigenvalue weighted by molar-refractivity contribution is 5.88. The molecule has 2 N–H and O–H groups in total. The number of rotatable bonds is 4. The van der Waals surface area contributed by atoms with Gasteiger partial charge in [0.05, 0.1) is 17.0 Å². The molecule has 0 saturated heterocycles. The van der Waals surface area contributed by atoms with Gasteiger partial charge in [-0.15, -0.1) is 0 Å². The minimum atomic E-state index is -0.486. The number of nitrogens with two attached hydrogens (primary N) is 1. The molecule has 0 aliphatic carbocycles. The number of aromatic nitrogens is 1. The molecular formula is C12H13N3O3. The molecule has 94 valence electrons. The summed E-state index contributed by atoms with van der Waals surface area (Å²) in [5.74, 6) is -0.0511. The molecule has 0 unspecified atom stereocenters. The molecule has 1 aromatic carbocycles. The van der Waals surface area contributed by atoms with E-state index in [9.17, 15) is 10.1 Å². The van der Waals surface area contributed by atoms with E-state index in [1.807, 2.05) is 12.1 Å². The Kier molecular flexibility index (Phi) is 3.38. The van der Waals surface area contributed by atoms with Gasteiger partial charge >= 0.3 is 5.69 Å². The first-order chi connectivity index (χ1) is 8.65. The van der Waals surface area contributed by atoms with Crippen molar-refractivity contribution in [3.05, 3.63) is 39.9 Å². The van der Waals surface area contributed by atoms with Crippen LogP contribution >= 0.6 is 0 Å². The summed E-state index contributed by atoms with van der Waals surface area (Å²) in [6, 6.07) is 7.23. The van der Waals surface area contributed by atoms with Crippen molar-refractivity contribution in [2.75, 3.05) is 19.5 Å². The van der Waals surface area contributed by atoms with Gasteiger partial charge in [-0.1, -0.05) is 18.2 Å². The van der Waals surface area contributed by atoms with Gasteiger partial charge in [0.15, 0.2) is 0 Å². The summed E-state index contributed by atoms with van der Waals surface area (Å²) in [5, 5.41) is 11.8. The van der Waals surface area contributed by atoms with Gasteiger partial charge in [-0.25, -0.2) is 4.98 Å². The highest BCUT2D eigenvalue weighted by Crippen LogP contribution is 2.31. The third-order valence-electron chi connectivity index (χ3n) is 2.74. The molecule has 0 saturated carbocycles. The summed E-state index contributed by atoms with van der Waals surface area (Å²) < 4.78 is 4.99. The zero-order valence-electron chi connectivity index (χ0n) is 9.92. The molecule has 0 bridgehead atoms. The van der Waals surface area contributed by atoms with Gasteiger partial charge in [-0.05, 0) is 6.07 Å². The fourth-order valence-corrected chi connectivity index (χ4v) is 1.95. The Balaban J connectivity index is 2.72. The molecule has 6 heteroatoms. The molecule has 2 aromatic rings. The number of pyridine rings is 1. The summed E-state index contributed by atoms with van der Waals surface area (Å²) in [6.07, 6.45) is 0.431. The largest absolute Gasteiger partial charge is 0.384 e. The molecule has 6 nitrogen and oxygen atoms in total. The molecule has 0 aliphatic rings. The predicted octanol–water partition coefficient (Wildman–Crippen LogP) is 1.91. The summed E-state index contributed by atoms with van der Waals surface area (Å²) in [7, 11) is 1.55. The maximum absolute atomic E-state index is 11.1. The SMILES string of the molecule is COCCc1c([N+](=O)[O-])c(N)nc2ccccc12. The quantitative estimate of drug-likeness (QED) is 0.658. The Morgan fingerprint density at radius 3 is 2.83 bits per heavy atom. The summed E-state index contributed by atoms with van der Waals surface area (Å²) in [4.78, 5) is 14.7. The first kappa shape index (κ1) is 12.3. The molecule has 0 aliphatic heterocycles. The second-order valence-electron chi connectivity index (χ2n) is 3.84.